The maximum Gasteiger partial charge on any atom is 0.0441 e. The van der Waals surface area contributed by atoms with Gasteiger partial charge in [-0.3, -0.25) is 0 Å². The van der Waals surface area contributed by atoms with E-state index in [2.05, 4.69) is 38.2 Å². The Bertz CT molecular complexity index is 320. The van der Waals surface area contributed by atoms with Crippen LogP contribution in [0, 0.1) is 5.92 Å². The minimum Gasteiger partial charge on any atom is -0.316 e. The van der Waals surface area contributed by atoms with Gasteiger partial charge in [0.1, 0.15) is 0 Å². The van der Waals surface area contributed by atoms with Crippen LogP contribution in [0.15, 0.2) is 24.3 Å². The van der Waals surface area contributed by atoms with Gasteiger partial charge in [0.15, 0.2) is 0 Å². The Balaban J connectivity index is 2.92. The summed E-state index contributed by atoms with van der Waals surface area (Å²) in [4.78, 5) is 0. The van der Waals surface area contributed by atoms with Crippen molar-refractivity contribution in [1.82, 2.24) is 5.32 Å². The van der Waals surface area contributed by atoms with Crippen molar-refractivity contribution < 1.29 is 0 Å². The third-order valence-electron chi connectivity index (χ3n) is 3.54. The molecule has 96 valence electrons. The number of halogens is 1. The smallest absolute Gasteiger partial charge is 0.0441 e. The number of benzene rings is 1. The van der Waals surface area contributed by atoms with Gasteiger partial charge in [-0.15, -0.1) is 0 Å². The van der Waals surface area contributed by atoms with E-state index in [1.807, 2.05) is 12.1 Å². The standard InChI is InChI=1S/C15H24ClN/c1-4-12(5-2)14(11-17-6-3)13-9-7-8-10-15(13)16/h7-10,12,14,17H,4-6,11H2,1-3H3. The first-order chi connectivity index (χ1) is 8.24. The van der Waals surface area contributed by atoms with Crippen molar-refractivity contribution in [2.45, 2.75) is 39.5 Å². The van der Waals surface area contributed by atoms with E-state index in [0.29, 0.717) is 11.8 Å². The maximum atomic E-state index is 6.33. The molecule has 1 aromatic carbocycles. The second kappa shape index (κ2) is 7.73. The molecule has 0 heterocycles. The molecule has 1 rings (SSSR count). The Morgan fingerprint density at radius 3 is 2.29 bits per heavy atom. The summed E-state index contributed by atoms with van der Waals surface area (Å²) in [5.41, 5.74) is 1.30. The molecule has 1 atom stereocenters. The van der Waals surface area contributed by atoms with E-state index in [1.165, 1.54) is 18.4 Å². The van der Waals surface area contributed by atoms with Gasteiger partial charge in [-0.2, -0.15) is 0 Å². The highest BCUT2D eigenvalue weighted by atomic mass is 35.5. The fourth-order valence-electron chi connectivity index (χ4n) is 2.46. The van der Waals surface area contributed by atoms with Crippen LogP contribution in [0.4, 0.5) is 0 Å². The normalized spacial score (nSPS) is 13.0. The molecule has 0 saturated heterocycles. The molecule has 1 N–H and O–H groups in total. The Labute approximate surface area is 111 Å². The van der Waals surface area contributed by atoms with Crippen molar-refractivity contribution in [1.29, 1.82) is 0 Å². The van der Waals surface area contributed by atoms with Crippen LogP contribution in [0.3, 0.4) is 0 Å². The number of hydrogen-bond acceptors (Lipinski definition) is 1. The minimum atomic E-state index is 0.527. The molecule has 0 bridgehead atoms. The third kappa shape index (κ3) is 4.01. The molecular weight excluding hydrogens is 230 g/mol. The highest BCUT2D eigenvalue weighted by Gasteiger charge is 2.21. The lowest BCUT2D eigenvalue weighted by atomic mass is 9.82. The summed E-state index contributed by atoms with van der Waals surface area (Å²) in [5.74, 6) is 1.23. The fraction of sp³-hybridized carbons (Fsp3) is 0.600. The minimum absolute atomic E-state index is 0.527. The zero-order valence-corrected chi connectivity index (χ0v) is 11.9. The lowest BCUT2D eigenvalue weighted by Crippen LogP contribution is -2.26. The number of hydrogen-bond donors (Lipinski definition) is 1. The fourth-order valence-corrected chi connectivity index (χ4v) is 2.74. The van der Waals surface area contributed by atoms with Crippen molar-refractivity contribution in [2.75, 3.05) is 13.1 Å². The van der Waals surface area contributed by atoms with E-state index in [1.54, 1.807) is 0 Å². The SMILES string of the molecule is CCNCC(c1ccccc1Cl)C(CC)CC. The molecule has 17 heavy (non-hydrogen) atoms. The topological polar surface area (TPSA) is 12.0 Å². The summed E-state index contributed by atoms with van der Waals surface area (Å²) in [6, 6.07) is 8.26. The van der Waals surface area contributed by atoms with E-state index in [-0.39, 0.29) is 0 Å². The first kappa shape index (κ1) is 14.5. The molecule has 1 aromatic rings. The van der Waals surface area contributed by atoms with Crippen molar-refractivity contribution in [2.24, 2.45) is 5.92 Å². The average molecular weight is 254 g/mol. The molecule has 0 spiro atoms. The predicted octanol–water partition coefficient (Wildman–Crippen LogP) is 4.47. The summed E-state index contributed by atoms with van der Waals surface area (Å²) in [7, 11) is 0. The number of likely N-dealkylation sites (N-methyl/N-ethyl adjacent to an activating group) is 1. The van der Waals surface area contributed by atoms with Crippen molar-refractivity contribution in [3.8, 4) is 0 Å². The molecule has 2 heteroatoms. The number of rotatable bonds is 7. The zero-order valence-electron chi connectivity index (χ0n) is 11.2. The largest absolute Gasteiger partial charge is 0.316 e. The highest BCUT2D eigenvalue weighted by Crippen LogP contribution is 2.33. The van der Waals surface area contributed by atoms with Crippen LogP contribution in [0.1, 0.15) is 45.1 Å². The van der Waals surface area contributed by atoms with Gasteiger partial charge in [0, 0.05) is 17.5 Å². The zero-order chi connectivity index (χ0) is 12.7. The van der Waals surface area contributed by atoms with Gasteiger partial charge in [-0.1, -0.05) is 63.4 Å². The molecule has 0 aromatic heterocycles. The molecular formula is C15H24ClN. The lowest BCUT2D eigenvalue weighted by molar-refractivity contribution is 0.382. The first-order valence-corrected chi connectivity index (χ1v) is 7.07. The third-order valence-corrected chi connectivity index (χ3v) is 3.88. The van der Waals surface area contributed by atoms with Gasteiger partial charge in [-0.25, -0.2) is 0 Å². The summed E-state index contributed by atoms with van der Waals surface area (Å²) >= 11 is 6.33. The maximum absolute atomic E-state index is 6.33. The Morgan fingerprint density at radius 2 is 1.76 bits per heavy atom. The van der Waals surface area contributed by atoms with Crippen LogP contribution in [-0.4, -0.2) is 13.1 Å². The van der Waals surface area contributed by atoms with E-state index in [9.17, 15) is 0 Å². The van der Waals surface area contributed by atoms with Crippen molar-refractivity contribution >= 4 is 11.6 Å². The quantitative estimate of drug-likeness (QED) is 0.756. The summed E-state index contributed by atoms with van der Waals surface area (Å²) in [6.07, 6.45) is 2.41. The van der Waals surface area contributed by atoms with Gasteiger partial charge in [0.2, 0.25) is 0 Å². The van der Waals surface area contributed by atoms with Crippen LogP contribution < -0.4 is 5.32 Å². The molecule has 1 nitrogen and oxygen atoms in total. The second-order valence-corrected chi connectivity index (χ2v) is 4.92. The molecule has 0 fully saturated rings. The van der Waals surface area contributed by atoms with Gasteiger partial charge in [0.25, 0.3) is 0 Å². The summed E-state index contributed by atoms with van der Waals surface area (Å²) in [5, 5.41) is 4.37. The van der Waals surface area contributed by atoms with E-state index < -0.39 is 0 Å². The second-order valence-electron chi connectivity index (χ2n) is 4.51. The molecule has 0 aliphatic carbocycles. The van der Waals surface area contributed by atoms with Crippen LogP contribution in [0.2, 0.25) is 5.02 Å². The van der Waals surface area contributed by atoms with E-state index >= 15 is 0 Å². The molecule has 0 saturated carbocycles. The van der Waals surface area contributed by atoms with Crippen LogP contribution in [0.25, 0.3) is 0 Å². The number of nitrogens with one attached hydrogen (secondary N) is 1. The van der Waals surface area contributed by atoms with Crippen molar-refractivity contribution in [3.63, 3.8) is 0 Å². The Morgan fingerprint density at radius 1 is 1.12 bits per heavy atom. The average Bonchev–Trinajstić information content (AvgIpc) is 2.36. The molecule has 0 radical (unpaired) electrons. The molecule has 0 amide bonds. The van der Waals surface area contributed by atoms with Gasteiger partial charge in [-0.05, 0) is 24.1 Å². The predicted molar refractivity (Wildman–Crippen MR) is 76.8 cm³/mol. The Hall–Kier alpha value is -0.530. The molecule has 0 aliphatic rings. The van der Waals surface area contributed by atoms with E-state index in [4.69, 9.17) is 11.6 Å². The Kier molecular flexibility index (Phi) is 6.61. The van der Waals surface area contributed by atoms with Gasteiger partial charge >= 0.3 is 0 Å². The van der Waals surface area contributed by atoms with Crippen LogP contribution >= 0.6 is 11.6 Å². The lowest BCUT2D eigenvalue weighted by Gasteiger charge is -2.27. The summed E-state index contributed by atoms with van der Waals surface area (Å²) in [6.45, 7) is 8.72. The monoisotopic (exact) mass is 253 g/mol. The molecule has 0 aliphatic heterocycles. The summed E-state index contributed by atoms with van der Waals surface area (Å²) < 4.78 is 0. The highest BCUT2D eigenvalue weighted by molar-refractivity contribution is 6.31. The van der Waals surface area contributed by atoms with Crippen molar-refractivity contribution in [3.05, 3.63) is 34.9 Å². The van der Waals surface area contributed by atoms with Gasteiger partial charge < -0.3 is 5.32 Å². The first-order valence-electron chi connectivity index (χ1n) is 6.69. The van der Waals surface area contributed by atoms with Gasteiger partial charge in [0.05, 0.1) is 0 Å². The van der Waals surface area contributed by atoms with E-state index in [0.717, 1.165) is 18.1 Å². The van der Waals surface area contributed by atoms with Crippen LogP contribution in [0.5, 0.6) is 0 Å². The molecule has 1 unspecified atom stereocenters. The van der Waals surface area contributed by atoms with Crippen LogP contribution in [-0.2, 0) is 0 Å².